The number of nitrogens with zero attached hydrogens (tertiary/aromatic N) is 1. The van der Waals surface area contributed by atoms with Crippen molar-refractivity contribution in [2.45, 2.75) is 13.8 Å². The fraction of sp³-hybridized carbons (Fsp3) is 0.250. The van der Waals surface area contributed by atoms with Crippen LogP contribution in [0.5, 0.6) is 5.75 Å². The number of hydrogen-bond acceptors (Lipinski definition) is 4. The van der Waals surface area contributed by atoms with Crippen LogP contribution in [0.4, 0.5) is 5.88 Å². The fourth-order valence-electron chi connectivity index (χ4n) is 1.62. The second-order valence-electron chi connectivity index (χ2n) is 3.74. The second kappa shape index (κ2) is 3.89. The maximum Gasteiger partial charge on any atom is 0.230 e. The Morgan fingerprint density at radius 3 is 2.44 bits per heavy atom. The Hall–Kier alpha value is -1.97. The van der Waals surface area contributed by atoms with Crippen LogP contribution < -0.4 is 10.5 Å². The number of nitrogens with two attached hydrogens (primary N) is 1. The molecule has 0 saturated heterocycles. The first-order valence-corrected chi connectivity index (χ1v) is 4.99. The molecular weight excluding hydrogens is 204 g/mol. The Bertz CT molecular complexity index is 518. The number of methoxy groups -OCH3 is 1. The van der Waals surface area contributed by atoms with Gasteiger partial charge in [0.25, 0.3) is 0 Å². The highest BCUT2D eigenvalue weighted by Crippen LogP contribution is 2.35. The van der Waals surface area contributed by atoms with Gasteiger partial charge in [-0.05, 0) is 37.1 Å². The molecule has 4 nitrogen and oxygen atoms in total. The van der Waals surface area contributed by atoms with E-state index in [-0.39, 0.29) is 0 Å². The third kappa shape index (κ3) is 1.62. The highest BCUT2D eigenvalue weighted by atomic mass is 16.5. The molecule has 0 aliphatic rings. The molecule has 2 N–H and O–H groups in total. The van der Waals surface area contributed by atoms with Gasteiger partial charge >= 0.3 is 0 Å². The molecule has 0 aliphatic carbocycles. The summed E-state index contributed by atoms with van der Waals surface area (Å²) in [6, 6.07) is 4.01. The highest BCUT2D eigenvalue weighted by molar-refractivity contribution is 5.78. The number of hydrogen-bond donors (Lipinski definition) is 1. The minimum Gasteiger partial charge on any atom is -0.496 e. The molecule has 1 heterocycles. The van der Waals surface area contributed by atoms with Gasteiger partial charge in [0.2, 0.25) is 5.88 Å². The van der Waals surface area contributed by atoms with E-state index in [1.165, 1.54) is 11.1 Å². The summed E-state index contributed by atoms with van der Waals surface area (Å²) in [7, 11) is 1.64. The summed E-state index contributed by atoms with van der Waals surface area (Å²) in [6.45, 7) is 4.08. The number of aryl methyl sites for hydroxylation is 2. The summed E-state index contributed by atoms with van der Waals surface area (Å²) in [5.41, 5.74) is 9.72. The highest BCUT2D eigenvalue weighted by Gasteiger charge is 2.13. The molecule has 84 valence electrons. The second-order valence-corrected chi connectivity index (χ2v) is 3.74. The van der Waals surface area contributed by atoms with Crippen molar-refractivity contribution in [2.24, 2.45) is 0 Å². The molecule has 2 rings (SSSR count). The lowest BCUT2D eigenvalue weighted by molar-refractivity contribution is 0.416. The molecule has 0 radical (unpaired) electrons. The van der Waals surface area contributed by atoms with Crippen LogP contribution in [-0.2, 0) is 0 Å². The van der Waals surface area contributed by atoms with Crippen LogP contribution in [0.25, 0.3) is 11.1 Å². The molecule has 0 saturated carbocycles. The van der Waals surface area contributed by atoms with Gasteiger partial charge in [0.15, 0.2) is 0 Å². The van der Waals surface area contributed by atoms with Crippen molar-refractivity contribution in [2.75, 3.05) is 12.8 Å². The van der Waals surface area contributed by atoms with Gasteiger partial charge in [-0.2, -0.15) is 0 Å². The maximum absolute atomic E-state index is 5.70. The zero-order valence-corrected chi connectivity index (χ0v) is 9.57. The van der Waals surface area contributed by atoms with Gasteiger partial charge in [0.05, 0.1) is 18.9 Å². The van der Waals surface area contributed by atoms with Crippen LogP contribution in [0.3, 0.4) is 0 Å². The zero-order chi connectivity index (χ0) is 11.7. The third-order valence-electron chi connectivity index (χ3n) is 2.70. The van der Waals surface area contributed by atoms with Crippen LogP contribution in [-0.4, -0.2) is 12.3 Å². The number of ether oxygens (including phenoxy) is 1. The van der Waals surface area contributed by atoms with Crippen LogP contribution in [0.1, 0.15) is 11.1 Å². The monoisotopic (exact) mass is 218 g/mol. The van der Waals surface area contributed by atoms with Gasteiger partial charge in [-0.25, -0.2) is 0 Å². The van der Waals surface area contributed by atoms with Gasteiger partial charge in [-0.15, -0.1) is 0 Å². The maximum atomic E-state index is 5.70. The molecule has 16 heavy (non-hydrogen) atoms. The standard InChI is InChI=1S/C12H14N2O2/c1-7-4-9(10-6-14-16-12(10)13)11(15-3)5-8(7)2/h4-6H,13H2,1-3H3. The van der Waals surface area contributed by atoms with E-state index >= 15 is 0 Å². The zero-order valence-electron chi connectivity index (χ0n) is 9.57. The Morgan fingerprint density at radius 1 is 1.19 bits per heavy atom. The first-order chi connectivity index (χ1) is 7.63. The summed E-state index contributed by atoms with van der Waals surface area (Å²) in [4.78, 5) is 0. The Labute approximate surface area is 94.0 Å². The minimum atomic E-state index is 0.307. The first-order valence-electron chi connectivity index (χ1n) is 4.99. The molecule has 2 aromatic rings. The normalized spacial score (nSPS) is 10.4. The molecule has 0 unspecified atom stereocenters. The number of anilines is 1. The topological polar surface area (TPSA) is 61.3 Å². The fourth-order valence-corrected chi connectivity index (χ4v) is 1.62. The first kappa shape index (κ1) is 10.5. The van der Waals surface area contributed by atoms with E-state index in [1.807, 2.05) is 26.0 Å². The van der Waals surface area contributed by atoms with E-state index in [2.05, 4.69) is 5.16 Å². The van der Waals surface area contributed by atoms with Crippen molar-refractivity contribution < 1.29 is 9.26 Å². The van der Waals surface area contributed by atoms with Crippen molar-refractivity contribution in [1.29, 1.82) is 0 Å². The quantitative estimate of drug-likeness (QED) is 0.841. The molecule has 4 heteroatoms. The van der Waals surface area contributed by atoms with Crippen molar-refractivity contribution in [3.05, 3.63) is 29.5 Å². The number of rotatable bonds is 2. The SMILES string of the molecule is COc1cc(C)c(C)cc1-c1cnoc1N. The predicted molar refractivity (Wildman–Crippen MR) is 62.4 cm³/mol. The molecule has 0 aliphatic heterocycles. The minimum absolute atomic E-state index is 0.307. The summed E-state index contributed by atoms with van der Waals surface area (Å²) in [5.74, 6) is 1.08. The van der Waals surface area contributed by atoms with Gasteiger partial charge in [-0.1, -0.05) is 5.16 Å². The van der Waals surface area contributed by atoms with Gasteiger partial charge in [-0.3, -0.25) is 0 Å². The van der Waals surface area contributed by atoms with Gasteiger partial charge < -0.3 is 15.0 Å². The molecule has 0 atom stereocenters. The molecular formula is C12H14N2O2. The number of nitrogen functional groups attached to an aromatic ring is 1. The molecule has 1 aromatic heterocycles. The van der Waals surface area contributed by atoms with Crippen molar-refractivity contribution >= 4 is 5.88 Å². The lowest BCUT2D eigenvalue weighted by atomic mass is 10.0. The summed E-state index contributed by atoms with van der Waals surface area (Å²) in [6.07, 6.45) is 1.60. The van der Waals surface area contributed by atoms with Crippen LogP contribution in [0, 0.1) is 13.8 Å². The third-order valence-corrected chi connectivity index (χ3v) is 2.70. The van der Waals surface area contributed by atoms with Crippen molar-refractivity contribution in [3.8, 4) is 16.9 Å². The lowest BCUT2D eigenvalue weighted by Gasteiger charge is -2.10. The Balaban J connectivity index is 2.64. The Morgan fingerprint density at radius 2 is 1.88 bits per heavy atom. The smallest absolute Gasteiger partial charge is 0.230 e. The molecule has 0 amide bonds. The number of aromatic nitrogens is 1. The molecule has 0 bridgehead atoms. The summed E-state index contributed by atoms with van der Waals surface area (Å²) < 4.78 is 10.2. The van der Waals surface area contributed by atoms with E-state index in [0.717, 1.165) is 16.9 Å². The van der Waals surface area contributed by atoms with E-state index in [9.17, 15) is 0 Å². The number of benzene rings is 1. The molecule has 0 spiro atoms. The van der Waals surface area contributed by atoms with E-state index in [0.29, 0.717) is 5.88 Å². The van der Waals surface area contributed by atoms with Crippen LogP contribution in [0.15, 0.2) is 22.9 Å². The average molecular weight is 218 g/mol. The summed E-state index contributed by atoms with van der Waals surface area (Å²) in [5, 5.41) is 3.67. The Kier molecular flexibility index (Phi) is 2.56. The summed E-state index contributed by atoms with van der Waals surface area (Å²) >= 11 is 0. The molecule has 0 fully saturated rings. The average Bonchev–Trinajstić information content (AvgIpc) is 2.68. The molecule has 1 aromatic carbocycles. The van der Waals surface area contributed by atoms with Crippen LogP contribution in [0.2, 0.25) is 0 Å². The van der Waals surface area contributed by atoms with Gasteiger partial charge in [0, 0.05) is 5.56 Å². The van der Waals surface area contributed by atoms with Crippen molar-refractivity contribution in [3.63, 3.8) is 0 Å². The van der Waals surface area contributed by atoms with E-state index in [4.69, 9.17) is 15.0 Å². The van der Waals surface area contributed by atoms with Crippen LogP contribution >= 0.6 is 0 Å². The van der Waals surface area contributed by atoms with Crippen molar-refractivity contribution in [1.82, 2.24) is 5.16 Å². The van der Waals surface area contributed by atoms with Gasteiger partial charge in [0.1, 0.15) is 5.75 Å². The largest absolute Gasteiger partial charge is 0.496 e. The predicted octanol–water partition coefficient (Wildman–Crippen LogP) is 2.55. The van der Waals surface area contributed by atoms with E-state index < -0.39 is 0 Å². The lowest BCUT2D eigenvalue weighted by Crippen LogP contribution is -1.93. The van der Waals surface area contributed by atoms with E-state index in [1.54, 1.807) is 13.3 Å².